The SMILES string of the molecule is C1CNCCCOC1.C1COCCCOC1.CC(C)(C)C.CC(C)(C)C.CC(C)(C)C.CC(C)(C)C. The molecule has 0 unspecified atom stereocenters. The summed E-state index contributed by atoms with van der Waals surface area (Å²) in [6, 6.07) is 0. The fourth-order valence-electron chi connectivity index (χ4n) is 1.56. The molecule has 0 aromatic carbocycles. The van der Waals surface area contributed by atoms with Crippen LogP contribution in [0.4, 0.5) is 0 Å². The summed E-state index contributed by atoms with van der Waals surface area (Å²) in [6.07, 6.45) is 4.44. The first-order valence-electron chi connectivity index (χ1n) is 14.4. The highest BCUT2D eigenvalue weighted by molar-refractivity contribution is 4.51. The van der Waals surface area contributed by atoms with E-state index in [4.69, 9.17) is 14.2 Å². The van der Waals surface area contributed by atoms with E-state index in [-0.39, 0.29) is 0 Å². The molecule has 4 nitrogen and oxygen atoms in total. The summed E-state index contributed by atoms with van der Waals surface area (Å²) in [6.45, 7) is 42.6. The lowest BCUT2D eigenvalue weighted by atomic mass is 10.0. The molecule has 0 aliphatic carbocycles. The largest absolute Gasteiger partial charge is 0.381 e. The van der Waals surface area contributed by atoms with Crippen LogP contribution in [0.15, 0.2) is 0 Å². The minimum atomic E-state index is 0.500. The summed E-state index contributed by atoms with van der Waals surface area (Å²) < 4.78 is 15.6. The second-order valence-corrected chi connectivity index (χ2v) is 16.0. The molecule has 2 saturated heterocycles. The van der Waals surface area contributed by atoms with Crippen LogP contribution in [0.1, 0.15) is 136 Å². The summed E-state index contributed by atoms with van der Waals surface area (Å²) in [5.41, 5.74) is 2.00. The third kappa shape index (κ3) is 145. The van der Waals surface area contributed by atoms with Crippen LogP contribution in [0.5, 0.6) is 0 Å². The van der Waals surface area contributed by atoms with E-state index in [9.17, 15) is 0 Å². The van der Waals surface area contributed by atoms with Gasteiger partial charge in [-0.15, -0.1) is 0 Å². The highest BCUT2D eigenvalue weighted by Crippen LogP contribution is 2.09. The van der Waals surface area contributed by atoms with Crippen LogP contribution >= 0.6 is 0 Å². The molecule has 4 heteroatoms. The van der Waals surface area contributed by atoms with Gasteiger partial charge in [-0.05, 0) is 60.4 Å². The lowest BCUT2D eigenvalue weighted by Crippen LogP contribution is -2.22. The highest BCUT2D eigenvalue weighted by Gasteiger charge is 1.97. The Labute approximate surface area is 230 Å². The van der Waals surface area contributed by atoms with Gasteiger partial charge in [0.05, 0.1) is 0 Å². The molecule has 224 valence electrons. The predicted molar refractivity (Wildman–Crippen MR) is 164 cm³/mol. The fourth-order valence-corrected chi connectivity index (χ4v) is 1.56. The van der Waals surface area contributed by atoms with Gasteiger partial charge in [0.15, 0.2) is 0 Å². The van der Waals surface area contributed by atoms with Crippen molar-refractivity contribution < 1.29 is 14.2 Å². The van der Waals surface area contributed by atoms with Gasteiger partial charge >= 0.3 is 0 Å². The van der Waals surface area contributed by atoms with Gasteiger partial charge < -0.3 is 19.5 Å². The summed E-state index contributed by atoms with van der Waals surface area (Å²) in [7, 11) is 0. The molecule has 0 aromatic heterocycles. The van der Waals surface area contributed by atoms with Crippen LogP contribution in [-0.4, -0.2) is 52.7 Å². The van der Waals surface area contributed by atoms with Crippen molar-refractivity contribution in [3.8, 4) is 0 Å². The minimum absolute atomic E-state index is 0.500. The van der Waals surface area contributed by atoms with E-state index in [1.165, 1.54) is 12.8 Å². The second-order valence-electron chi connectivity index (χ2n) is 16.0. The van der Waals surface area contributed by atoms with Gasteiger partial charge in [0.2, 0.25) is 0 Å². The minimum Gasteiger partial charge on any atom is -0.381 e. The molecule has 0 saturated carbocycles. The Kier molecular flexibility index (Phi) is 30.0. The van der Waals surface area contributed by atoms with Gasteiger partial charge in [-0.2, -0.15) is 0 Å². The van der Waals surface area contributed by atoms with Gasteiger partial charge in [0, 0.05) is 39.6 Å². The van der Waals surface area contributed by atoms with Crippen molar-refractivity contribution in [1.29, 1.82) is 0 Å². The van der Waals surface area contributed by atoms with Crippen molar-refractivity contribution in [3.63, 3.8) is 0 Å². The first kappa shape index (κ1) is 42.9. The van der Waals surface area contributed by atoms with Crippen LogP contribution in [0.25, 0.3) is 0 Å². The maximum absolute atomic E-state index is 5.23. The summed E-state index contributed by atoms with van der Waals surface area (Å²) in [5, 5.41) is 3.31. The molecule has 2 heterocycles. The number of hydrogen-bond donors (Lipinski definition) is 1. The van der Waals surface area contributed by atoms with E-state index < -0.39 is 0 Å². The molecule has 2 aliphatic rings. The van der Waals surface area contributed by atoms with Crippen LogP contribution in [0.3, 0.4) is 0 Å². The highest BCUT2D eigenvalue weighted by atomic mass is 16.5. The van der Waals surface area contributed by atoms with Crippen molar-refractivity contribution in [3.05, 3.63) is 0 Å². The zero-order valence-corrected chi connectivity index (χ0v) is 28.2. The first-order valence-corrected chi connectivity index (χ1v) is 14.4. The normalized spacial score (nSPS) is 17.3. The van der Waals surface area contributed by atoms with Crippen molar-refractivity contribution >= 4 is 0 Å². The Morgan fingerprint density at radius 2 is 0.500 bits per heavy atom. The lowest BCUT2D eigenvalue weighted by molar-refractivity contribution is 0.0368. The lowest BCUT2D eigenvalue weighted by Gasteiger charge is -2.09. The van der Waals surface area contributed by atoms with E-state index >= 15 is 0 Å². The molecule has 2 rings (SSSR count). The monoisotopic (exact) mass is 520 g/mol. The van der Waals surface area contributed by atoms with E-state index in [0.717, 1.165) is 65.6 Å². The Hall–Kier alpha value is -0.160. The van der Waals surface area contributed by atoms with Gasteiger partial charge in [0.25, 0.3) is 0 Å². The molecule has 2 aliphatic heterocycles. The molecule has 0 amide bonds. The summed E-state index contributed by atoms with van der Waals surface area (Å²) in [5.74, 6) is 0. The average Bonchev–Trinajstić information content (AvgIpc) is 2.47. The van der Waals surface area contributed by atoms with Gasteiger partial charge in [-0.3, -0.25) is 0 Å². The topological polar surface area (TPSA) is 39.7 Å². The quantitative estimate of drug-likeness (QED) is 0.346. The maximum atomic E-state index is 5.23. The maximum Gasteiger partial charge on any atom is 0.0488 e. The molecule has 0 radical (unpaired) electrons. The summed E-state index contributed by atoms with van der Waals surface area (Å²) >= 11 is 0. The van der Waals surface area contributed by atoms with E-state index in [2.05, 4.69) is 116 Å². The Balaban J connectivity index is -0.000000174. The van der Waals surface area contributed by atoms with Crippen LogP contribution in [0, 0.1) is 21.7 Å². The molecule has 0 atom stereocenters. The zero-order chi connectivity index (χ0) is 29.3. The number of nitrogens with one attached hydrogen (secondary N) is 1. The van der Waals surface area contributed by atoms with Crippen molar-refractivity contribution in [2.24, 2.45) is 21.7 Å². The molecule has 1 N–H and O–H groups in total. The molecule has 36 heavy (non-hydrogen) atoms. The zero-order valence-electron chi connectivity index (χ0n) is 28.2. The Morgan fingerprint density at radius 1 is 0.333 bits per heavy atom. The molecule has 0 bridgehead atoms. The van der Waals surface area contributed by atoms with Crippen molar-refractivity contribution in [2.75, 3.05) is 52.7 Å². The smallest absolute Gasteiger partial charge is 0.0488 e. The molecule has 0 spiro atoms. The predicted octanol–water partition coefficient (Wildman–Crippen LogP) is 9.41. The van der Waals surface area contributed by atoms with Gasteiger partial charge in [-0.25, -0.2) is 0 Å². The van der Waals surface area contributed by atoms with Crippen LogP contribution in [-0.2, 0) is 14.2 Å². The van der Waals surface area contributed by atoms with Crippen molar-refractivity contribution in [1.82, 2.24) is 5.32 Å². The van der Waals surface area contributed by atoms with Gasteiger partial charge in [0.1, 0.15) is 0 Å². The van der Waals surface area contributed by atoms with Crippen LogP contribution in [0.2, 0.25) is 0 Å². The molecular weight excluding hydrogens is 446 g/mol. The number of rotatable bonds is 0. The standard InChI is InChI=1S/C6H13NO.C6H12O2.4C5H12/c1-3-7-4-2-6-8-5-1;1-3-7-5-2-6-8-4-1;4*1-5(2,3)4/h7H,1-6H2;1-6H2;4*1-4H3. The van der Waals surface area contributed by atoms with Crippen LogP contribution < -0.4 is 5.32 Å². The Morgan fingerprint density at radius 3 is 0.694 bits per heavy atom. The van der Waals surface area contributed by atoms with E-state index in [1.54, 1.807) is 0 Å². The van der Waals surface area contributed by atoms with E-state index in [1.807, 2.05) is 0 Å². The molecule has 0 aromatic rings. The first-order chi connectivity index (χ1) is 16.0. The third-order valence-electron chi connectivity index (χ3n) is 2.44. The second kappa shape index (κ2) is 25.1. The molecular formula is C32H73NO3. The third-order valence-corrected chi connectivity index (χ3v) is 2.44. The molecule has 2 fully saturated rings. The summed E-state index contributed by atoms with van der Waals surface area (Å²) in [4.78, 5) is 0. The number of hydrogen-bond acceptors (Lipinski definition) is 4. The fraction of sp³-hybridized carbons (Fsp3) is 1.00. The number of ether oxygens (including phenoxy) is 3. The van der Waals surface area contributed by atoms with E-state index in [0.29, 0.717) is 21.7 Å². The van der Waals surface area contributed by atoms with Crippen molar-refractivity contribution in [2.45, 2.75) is 136 Å². The Bertz CT molecular complexity index is 273. The average molecular weight is 520 g/mol. The van der Waals surface area contributed by atoms with Gasteiger partial charge in [-0.1, -0.05) is 111 Å².